The number of hydrogen-bond donors (Lipinski definition) is 3. The Balaban J connectivity index is 1.87. The maximum absolute atomic E-state index is 14.1. The molecule has 1 aromatic heterocycles. The SMILES string of the molecule is CNC(=O)c1cc(NC(=O)c2cc(F)cc(C(F)(F)F)c2)c2n1CCC(=O)NC2c1cc(F)ccc1Cl. The molecule has 194 valence electrons. The van der Waals surface area contributed by atoms with Gasteiger partial charge in [0, 0.05) is 36.2 Å². The molecule has 37 heavy (non-hydrogen) atoms. The van der Waals surface area contributed by atoms with Crippen LogP contribution >= 0.6 is 11.6 Å². The van der Waals surface area contributed by atoms with Crippen molar-refractivity contribution in [3.63, 3.8) is 0 Å². The highest BCUT2D eigenvalue weighted by Crippen LogP contribution is 2.37. The summed E-state index contributed by atoms with van der Waals surface area (Å²) in [7, 11) is 1.35. The molecule has 2 aromatic carbocycles. The molecule has 0 saturated heterocycles. The van der Waals surface area contributed by atoms with Crippen molar-refractivity contribution in [3.8, 4) is 0 Å². The lowest BCUT2D eigenvalue weighted by atomic mass is 10.0. The Labute approximate surface area is 211 Å². The van der Waals surface area contributed by atoms with E-state index in [0.29, 0.717) is 12.1 Å². The summed E-state index contributed by atoms with van der Waals surface area (Å²) in [5, 5.41) is 7.58. The first kappa shape index (κ1) is 26.1. The van der Waals surface area contributed by atoms with E-state index >= 15 is 0 Å². The van der Waals surface area contributed by atoms with Crippen molar-refractivity contribution in [3.05, 3.63) is 87.2 Å². The third-order valence-electron chi connectivity index (χ3n) is 5.74. The van der Waals surface area contributed by atoms with Crippen molar-refractivity contribution in [2.24, 2.45) is 0 Å². The Morgan fingerprint density at radius 3 is 2.46 bits per heavy atom. The standard InChI is InChI=1S/C24H18ClF5N4O3/c1-31-23(37)18-10-17(32-22(36)11-6-12(24(28,29)30)8-14(27)7-11)21-20(33-19(35)4-5-34(18)21)15-9-13(26)2-3-16(15)25/h2-3,6-10,20H,4-5H2,1H3,(H,31,37)(H,32,36)(H,33,35). The molecule has 3 amide bonds. The number of fused-ring (bicyclic) bond motifs is 1. The van der Waals surface area contributed by atoms with E-state index in [1.807, 2.05) is 0 Å². The van der Waals surface area contributed by atoms with Crippen molar-refractivity contribution in [2.75, 3.05) is 12.4 Å². The number of carbonyl (C=O) groups is 3. The monoisotopic (exact) mass is 540 g/mol. The summed E-state index contributed by atoms with van der Waals surface area (Å²) in [5.74, 6) is -4.12. The number of amides is 3. The summed E-state index contributed by atoms with van der Waals surface area (Å²) in [6.45, 7) is -0.0125. The summed E-state index contributed by atoms with van der Waals surface area (Å²) in [6, 6.07) is 4.91. The van der Waals surface area contributed by atoms with Crippen molar-refractivity contribution in [1.82, 2.24) is 15.2 Å². The molecule has 3 N–H and O–H groups in total. The summed E-state index contributed by atoms with van der Waals surface area (Å²) in [4.78, 5) is 38.1. The molecule has 2 heterocycles. The summed E-state index contributed by atoms with van der Waals surface area (Å²) in [5.41, 5.74) is -1.83. The minimum Gasteiger partial charge on any atom is -0.354 e. The number of rotatable bonds is 4. The maximum Gasteiger partial charge on any atom is 0.416 e. The van der Waals surface area contributed by atoms with Crippen LogP contribution in [0.2, 0.25) is 5.02 Å². The number of nitrogens with one attached hydrogen (secondary N) is 3. The zero-order chi connectivity index (χ0) is 27.1. The highest BCUT2D eigenvalue weighted by Gasteiger charge is 2.34. The van der Waals surface area contributed by atoms with E-state index in [4.69, 9.17) is 11.6 Å². The van der Waals surface area contributed by atoms with Gasteiger partial charge in [0.25, 0.3) is 11.8 Å². The van der Waals surface area contributed by atoms with Crippen LogP contribution in [0.25, 0.3) is 0 Å². The van der Waals surface area contributed by atoms with Crippen LogP contribution < -0.4 is 16.0 Å². The number of aromatic nitrogens is 1. The highest BCUT2D eigenvalue weighted by atomic mass is 35.5. The largest absolute Gasteiger partial charge is 0.416 e. The Hall–Kier alpha value is -3.93. The smallest absolute Gasteiger partial charge is 0.354 e. The lowest BCUT2D eigenvalue weighted by Crippen LogP contribution is -2.29. The Morgan fingerprint density at radius 1 is 1.05 bits per heavy atom. The fourth-order valence-electron chi connectivity index (χ4n) is 4.09. The fourth-order valence-corrected chi connectivity index (χ4v) is 4.31. The van der Waals surface area contributed by atoms with Gasteiger partial charge in [-0.2, -0.15) is 13.2 Å². The number of halogens is 6. The maximum atomic E-state index is 14.1. The predicted octanol–water partition coefficient (Wildman–Crippen LogP) is 4.66. The van der Waals surface area contributed by atoms with Crippen LogP contribution in [0.4, 0.5) is 27.6 Å². The van der Waals surface area contributed by atoms with Crippen LogP contribution in [0.5, 0.6) is 0 Å². The molecule has 0 radical (unpaired) electrons. The summed E-state index contributed by atoms with van der Waals surface area (Å²) < 4.78 is 68.9. The molecule has 0 saturated carbocycles. The lowest BCUT2D eigenvalue weighted by molar-refractivity contribution is -0.137. The van der Waals surface area contributed by atoms with Crippen molar-refractivity contribution < 1.29 is 36.3 Å². The number of nitrogens with zero attached hydrogens (tertiary/aromatic N) is 1. The number of anilines is 1. The van der Waals surface area contributed by atoms with E-state index in [2.05, 4.69) is 16.0 Å². The summed E-state index contributed by atoms with van der Waals surface area (Å²) >= 11 is 6.28. The second-order valence-electron chi connectivity index (χ2n) is 8.16. The first-order valence-corrected chi connectivity index (χ1v) is 11.2. The van der Waals surface area contributed by atoms with E-state index in [9.17, 15) is 36.3 Å². The van der Waals surface area contributed by atoms with Crippen molar-refractivity contribution >= 4 is 35.0 Å². The van der Waals surface area contributed by atoms with E-state index in [-0.39, 0.29) is 46.7 Å². The Bertz CT molecular complexity index is 1420. The Kier molecular flexibility index (Phi) is 6.96. The first-order valence-electron chi connectivity index (χ1n) is 10.8. The molecule has 0 fully saturated rings. The number of benzene rings is 2. The van der Waals surface area contributed by atoms with E-state index in [0.717, 1.165) is 12.1 Å². The second-order valence-corrected chi connectivity index (χ2v) is 8.56. The first-order chi connectivity index (χ1) is 17.4. The van der Waals surface area contributed by atoms with Gasteiger partial charge in [0.2, 0.25) is 5.91 Å². The molecule has 7 nitrogen and oxygen atoms in total. The van der Waals surface area contributed by atoms with Gasteiger partial charge in [-0.15, -0.1) is 0 Å². The normalized spacial score (nSPS) is 15.4. The van der Waals surface area contributed by atoms with Gasteiger partial charge in [0.05, 0.1) is 23.0 Å². The molecule has 3 aromatic rings. The fraction of sp³-hybridized carbons (Fsp3) is 0.208. The summed E-state index contributed by atoms with van der Waals surface area (Å²) in [6.07, 6.45) is -4.98. The zero-order valence-corrected chi connectivity index (χ0v) is 19.7. The molecule has 0 aliphatic carbocycles. The molecule has 1 unspecified atom stereocenters. The van der Waals surface area contributed by atoms with Gasteiger partial charge in [0.1, 0.15) is 17.3 Å². The van der Waals surface area contributed by atoms with Crippen LogP contribution in [0.15, 0.2) is 42.5 Å². The molecular formula is C24H18ClF5N4O3. The molecule has 13 heteroatoms. The van der Waals surface area contributed by atoms with Gasteiger partial charge >= 0.3 is 6.18 Å². The lowest BCUT2D eigenvalue weighted by Gasteiger charge is -2.22. The number of carbonyl (C=O) groups excluding carboxylic acids is 3. The minimum absolute atomic E-state index is 0.0112. The van der Waals surface area contributed by atoms with E-state index in [1.165, 1.54) is 23.7 Å². The van der Waals surface area contributed by atoms with E-state index in [1.54, 1.807) is 0 Å². The van der Waals surface area contributed by atoms with Gasteiger partial charge < -0.3 is 20.5 Å². The van der Waals surface area contributed by atoms with Crippen LogP contribution in [0, 0.1) is 11.6 Å². The minimum atomic E-state index is -4.90. The van der Waals surface area contributed by atoms with E-state index < -0.39 is 52.7 Å². The molecule has 1 aliphatic rings. The van der Waals surface area contributed by atoms with Crippen LogP contribution in [0.1, 0.15) is 50.1 Å². The molecule has 1 atom stereocenters. The van der Waals surface area contributed by atoms with Gasteiger partial charge in [0.15, 0.2) is 0 Å². The van der Waals surface area contributed by atoms with Gasteiger partial charge in [-0.25, -0.2) is 8.78 Å². The van der Waals surface area contributed by atoms with Crippen LogP contribution in [-0.4, -0.2) is 29.3 Å². The highest BCUT2D eigenvalue weighted by molar-refractivity contribution is 6.31. The van der Waals surface area contributed by atoms with Crippen molar-refractivity contribution in [1.29, 1.82) is 0 Å². The average Bonchev–Trinajstić information content (AvgIpc) is 3.09. The molecule has 1 aliphatic heterocycles. The van der Waals surface area contributed by atoms with Gasteiger partial charge in [-0.1, -0.05) is 11.6 Å². The predicted molar refractivity (Wildman–Crippen MR) is 123 cm³/mol. The number of hydrogen-bond acceptors (Lipinski definition) is 3. The van der Waals surface area contributed by atoms with Gasteiger partial charge in [-0.05, 0) is 42.5 Å². The average molecular weight is 541 g/mol. The van der Waals surface area contributed by atoms with Crippen LogP contribution in [-0.2, 0) is 17.5 Å². The molecule has 4 rings (SSSR count). The Morgan fingerprint density at radius 2 is 1.78 bits per heavy atom. The van der Waals surface area contributed by atoms with Crippen LogP contribution in [0.3, 0.4) is 0 Å². The molecule has 0 bridgehead atoms. The topological polar surface area (TPSA) is 92.2 Å². The molecule has 0 spiro atoms. The zero-order valence-electron chi connectivity index (χ0n) is 19.0. The van der Waals surface area contributed by atoms with Crippen molar-refractivity contribution in [2.45, 2.75) is 25.2 Å². The third-order valence-corrected chi connectivity index (χ3v) is 6.09. The third kappa shape index (κ3) is 5.29. The van der Waals surface area contributed by atoms with Gasteiger partial charge in [-0.3, -0.25) is 14.4 Å². The second kappa shape index (κ2) is 9.85. The number of alkyl halides is 3. The quantitative estimate of drug-likeness (QED) is 0.420. The molecular weight excluding hydrogens is 523 g/mol.